The Labute approximate surface area is 134 Å². The van der Waals surface area contributed by atoms with Gasteiger partial charge in [-0.15, -0.1) is 0 Å². The van der Waals surface area contributed by atoms with Crippen molar-refractivity contribution in [3.05, 3.63) is 0 Å². The molecule has 3 heterocycles. The van der Waals surface area contributed by atoms with Crippen molar-refractivity contribution in [1.29, 1.82) is 0 Å². The number of hydrogen-bond acceptors (Lipinski definition) is 4. The zero-order valence-electron chi connectivity index (χ0n) is 14.2. The largest absolute Gasteiger partial charge is 0.326 e. The Balaban J connectivity index is 1.16. The molecule has 5 aliphatic rings. The highest BCUT2D eigenvalue weighted by Gasteiger charge is 2.57. The first-order valence-electron chi connectivity index (χ1n) is 9.47. The molecule has 0 aromatic rings. The molecule has 0 aromatic heterocycles. The van der Waals surface area contributed by atoms with Crippen LogP contribution in [0.2, 0.25) is 0 Å². The van der Waals surface area contributed by atoms with Crippen molar-refractivity contribution >= 4 is 0 Å². The van der Waals surface area contributed by atoms with Gasteiger partial charge in [-0.1, -0.05) is 0 Å². The van der Waals surface area contributed by atoms with E-state index in [1.807, 2.05) is 0 Å². The summed E-state index contributed by atoms with van der Waals surface area (Å²) in [7, 11) is 4.59. The van der Waals surface area contributed by atoms with E-state index in [0.717, 1.165) is 29.8 Å². The van der Waals surface area contributed by atoms with E-state index in [1.165, 1.54) is 51.7 Å². The highest BCUT2D eigenvalue weighted by atomic mass is 15.2. The summed E-state index contributed by atoms with van der Waals surface area (Å²) in [6.07, 6.45) is 7.03. The smallest absolute Gasteiger partial charge is 0.0279 e. The van der Waals surface area contributed by atoms with Gasteiger partial charge in [0.15, 0.2) is 0 Å². The number of rotatable bonds is 4. The molecular formula is C18H32N4. The minimum absolute atomic E-state index is 0.446. The van der Waals surface area contributed by atoms with E-state index in [1.54, 1.807) is 0 Å². The van der Waals surface area contributed by atoms with Gasteiger partial charge in [0.25, 0.3) is 0 Å². The van der Waals surface area contributed by atoms with Crippen LogP contribution in [0.4, 0.5) is 0 Å². The third-order valence-electron chi connectivity index (χ3n) is 7.88. The molecule has 2 saturated carbocycles. The molecule has 0 radical (unpaired) electrons. The molecule has 2 bridgehead atoms. The summed E-state index contributed by atoms with van der Waals surface area (Å²) in [5, 5.41) is 3.96. The molecule has 3 aliphatic heterocycles. The van der Waals surface area contributed by atoms with Crippen LogP contribution in [-0.4, -0.2) is 67.7 Å². The van der Waals surface area contributed by atoms with Crippen LogP contribution in [0.5, 0.6) is 0 Å². The lowest BCUT2D eigenvalue weighted by Crippen LogP contribution is -2.42. The van der Waals surface area contributed by atoms with Crippen molar-refractivity contribution in [3.8, 4) is 0 Å². The van der Waals surface area contributed by atoms with Crippen LogP contribution < -0.4 is 11.1 Å². The maximum atomic E-state index is 6.38. The van der Waals surface area contributed by atoms with Gasteiger partial charge in [0.2, 0.25) is 0 Å². The number of hydrogen-bond donors (Lipinski definition) is 2. The van der Waals surface area contributed by atoms with Crippen molar-refractivity contribution in [2.45, 2.75) is 56.3 Å². The molecule has 5 rings (SSSR count). The molecule has 5 unspecified atom stereocenters. The number of likely N-dealkylation sites (N-methyl/N-ethyl adjacent to an activating group) is 2. The summed E-state index contributed by atoms with van der Waals surface area (Å²) in [6.45, 7) is 3.85. The summed E-state index contributed by atoms with van der Waals surface area (Å²) in [4.78, 5) is 5.13. The number of nitrogens with two attached hydrogens (primary N) is 1. The number of likely N-dealkylation sites (tertiary alicyclic amines) is 1. The second-order valence-corrected chi connectivity index (χ2v) is 9.29. The quantitative estimate of drug-likeness (QED) is 0.804. The minimum Gasteiger partial charge on any atom is -0.326 e. The van der Waals surface area contributed by atoms with Gasteiger partial charge in [0.05, 0.1) is 0 Å². The van der Waals surface area contributed by atoms with Gasteiger partial charge in [0.1, 0.15) is 0 Å². The average Bonchev–Trinajstić information content (AvgIpc) is 3.34. The fourth-order valence-electron chi connectivity index (χ4n) is 6.42. The normalized spacial score (nSPS) is 52.8. The predicted molar refractivity (Wildman–Crippen MR) is 88.6 cm³/mol. The Morgan fingerprint density at radius 2 is 1.95 bits per heavy atom. The molecule has 1 spiro atoms. The molecule has 5 fully saturated rings. The topological polar surface area (TPSA) is 44.5 Å². The summed E-state index contributed by atoms with van der Waals surface area (Å²) < 4.78 is 0. The highest BCUT2D eigenvalue weighted by Crippen LogP contribution is 2.55. The van der Waals surface area contributed by atoms with Crippen LogP contribution in [0.25, 0.3) is 0 Å². The van der Waals surface area contributed by atoms with Crippen molar-refractivity contribution in [3.63, 3.8) is 0 Å². The van der Waals surface area contributed by atoms with E-state index in [2.05, 4.69) is 29.2 Å². The lowest BCUT2D eigenvalue weighted by molar-refractivity contribution is 0.252. The first-order chi connectivity index (χ1) is 10.6. The zero-order valence-corrected chi connectivity index (χ0v) is 14.2. The second-order valence-electron chi connectivity index (χ2n) is 9.29. The predicted octanol–water partition coefficient (Wildman–Crippen LogP) is 0.726. The minimum atomic E-state index is 0.446. The maximum Gasteiger partial charge on any atom is 0.0279 e. The van der Waals surface area contributed by atoms with Gasteiger partial charge in [-0.3, -0.25) is 4.90 Å². The summed E-state index contributed by atoms with van der Waals surface area (Å²) >= 11 is 0. The lowest BCUT2D eigenvalue weighted by atomic mass is 9.82. The van der Waals surface area contributed by atoms with Gasteiger partial charge in [-0.05, 0) is 75.9 Å². The first kappa shape index (κ1) is 14.2. The molecule has 0 amide bonds. The molecule has 124 valence electrons. The number of fused-ring (bicyclic) bond motifs is 2. The highest BCUT2D eigenvalue weighted by molar-refractivity contribution is 5.12. The Morgan fingerprint density at radius 3 is 2.64 bits per heavy atom. The third-order valence-corrected chi connectivity index (χ3v) is 7.88. The van der Waals surface area contributed by atoms with E-state index < -0.39 is 0 Å². The molecule has 2 aliphatic carbocycles. The SMILES string of the molecule is CN1C[C@H](NCC2CC2C2CC3C[C@@H](N)C2N3C)C2(CC2)C1. The fraction of sp³-hybridized carbons (Fsp3) is 1.00. The van der Waals surface area contributed by atoms with Crippen LogP contribution in [0, 0.1) is 23.2 Å². The molecule has 4 heteroatoms. The van der Waals surface area contributed by atoms with E-state index in [9.17, 15) is 0 Å². The second kappa shape index (κ2) is 4.69. The van der Waals surface area contributed by atoms with Crippen molar-refractivity contribution in [2.75, 3.05) is 33.7 Å². The van der Waals surface area contributed by atoms with E-state index in [0.29, 0.717) is 17.5 Å². The molecule has 3 saturated heterocycles. The molecule has 3 N–H and O–H groups in total. The number of nitrogens with one attached hydrogen (secondary N) is 1. The number of nitrogens with zero attached hydrogens (tertiary/aromatic N) is 2. The monoisotopic (exact) mass is 304 g/mol. The first-order valence-corrected chi connectivity index (χ1v) is 9.47. The van der Waals surface area contributed by atoms with Crippen molar-refractivity contribution < 1.29 is 0 Å². The average molecular weight is 304 g/mol. The van der Waals surface area contributed by atoms with E-state index in [4.69, 9.17) is 5.73 Å². The summed E-state index contributed by atoms with van der Waals surface area (Å²) in [6, 6.07) is 2.69. The van der Waals surface area contributed by atoms with Crippen molar-refractivity contribution in [2.24, 2.45) is 28.9 Å². The fourth-order valence-corrected chi connectivity index (χ4v) is 6.42. The van der Waals surface area contributed by atoms with Gasteiger partial charge < -0.3 is 16.0 Å². The zero-order chi connectivity index (χ0) is 15.1. The molecule has 22 heavy (non-hydrogen) atoms. The summed E-state index contributed by atoms with van der Waals surface area (Å²) in [5.74, 6) is 2.80. The van der Waals surface area contributed by atoms with Gasteiger partial charge in [0, 0.05) is 37.3 Å². The molecule has 7 atom stereocenters. The van der Waals surface area contributed by atoms with Crippen LogP contribution in [0.15, 0.2) is 0 Å². The van der Waals surface area contributed by atoms with Crippen LogP contribution in [0.1, 0.15) is 32.1 Å². The summed E-state index contributed by atoms with van der Waals surface area (Å²) in [5.41, 5.74) is 7.04. The van der Waals surface area contributed by atoms with Crippen LogP contribution in [0.3, 0.4) is 0 Å². The maximum absolute atomic E-state index is 6.38. The van der Waals surface area contributed by atoms with Crippen LogP contribution in [-0.2, 0) is 0 Å². The molecule has 4 nitrogen and oxygen atoms in total. The van der Waals surface area contributed by atoms with E-state index >= 15 is 0 Å². The van der Waals surface area contributed by atoms with Gasteiger partial charge in [-0.25, -0.2) is 0 Å². The van der Waals surface area contributed by atoms with Crippen molar-refractivity contribution in [1.82, 2.24) is 15.1 Å². The Hall–Kier alpha value is -0.160. The standard InChI is InChI=1S/C18H32N4/c1-21-9-16(18(10-21)3-4-18)20-8-11-5-13(11)14-6-12-7-15(19)17(14)22(12)2/h11-17,20H,3-10,19H2,1-2H3/t11?,12?,13?,14?,15-,16+,17?/m1/s1. The van der Waals surface area contributed by atoms with Gasteiger partial charge >= 0.3 is 0 Å². The Kier molecular flexibility index (Phi) is 3.03. The Morgan fingerprint density at radius 1 is 1.14 bits per heavy atom. The van der Waals surface area contributed by atoms with Crippen LogP contribution >= 0.6 is 0 Å². The Bertz CT molecular complexity index is 462. The van der Waals surface area contributed by atoms with E-state index in [-0.39, 0.29) is 0 Å². The third kappa shape index (κ3) is 2.03. The van der Waals surface area contributed by atoms with Gasteiger partial charge in [-0.2, -0.15) is 0 Å². The molecular weight excluding hydrogens is 272 g/mol. The lowest BCUT2D eigenvalue weighted by Gasteiger charge is -2.27. The molecule has 0 aromatic carbocycles.